The summed E-state index contributed by atoms with van der Waals surface area (Å²) in [5.41, 5.74) is 9.19. The van der Waals surface area contributed by atoms with Crippen molar-refractivity contribution in [3.05, 3.63) is 99.8 Å². The van der Waals surface area contributed by atoms with Gasteiger partial charge in [0, 0.05) is 42.3 Å². The van der Waals surface area contributed by atoms with Crippen molar-refractivity contribution < 1.29 is 9.90 Å². The summed E-state index contributed by atoms with van der Waals surface area (Å²) in [6.07, 6.45) is 11.3. The third-order valence-electron chi connectivity index (χ3n) is 10.3. The van der Waals surface area contributed by atoms with Crippen molar-refractivity contribution in [2.75, 3.05) is 0 Å². The van der Waals surface area contributed by atoms with Crippen molar-refractivity contribution in [3.63, 3.8) is 0 Å². The minimum atomic E-state index is -0.536. The van der Waals surface area contributed by atoms with Crippen molar-refractivity contribution in [1.29, 1.82) is 0 Å². The number of aromatic nitrogens is 4. The van der Waals surface area contributed by atoms with Crippen LogP contribution in [-0.4, -0.2) is 30.1 Å². The molecule has 7 rings (SSSR count). The van der Waals surface area contributed by atoms with Crippen LogP contribution in [0, 0.1) is 6.92 Å². The molecule has 2 saturated carbocycles. The Balaban J connectivity index is 1.25. The van der Waals surface area contributed by atoms with E-state index in [1.807, 2.05) is 57.4 Å². The summed E-state index contributed by atoms with van der Waals surface area (Å²) in [5, 5.41) is 14.9. The number of nitrogens with zero attached hydrogens (tertiary/aromatic N) is 4. The highest BCUT2D eigenvalue weighted by atomic mass is 35.5. The van der Waals surface area contributed by atoms with E-state index in [0.29, 0.717) is 22.2 Å². The predicted octanol–water partition coefficient (Wildman–Crippen LogP) is 9.03. The first-order valence-corrected chi connectivity index (χ1v) is 16.5. The van der Waals surface area contributed by atoms with Gasteiger partial charge >= 0.3 is 0 Å². The van der Waals surface area contributed by atoms with Gasteiger partial charge in [-0.3, -0.25) is 4.79 Å². The largest absolute Gasteiger partial charge is 0.508 e. The normalized spacial score (nSPS) is 16.7. The quantitative estimate of drug-likeness (QED) is 0.106. The smallest absolute Gasteiger partial charge is 0.252 e. The molecular weight excluding hydrogens is 594 g/mol. The van der Waals surface area contributed by atoms with Crippen molar-refractivity contribution >= 4 is 45.5 Å². The number of amides is 1. The average Bonchev–Trinajstić information content (AvgIpc) is 3.73. The van der Waals surface area contributed by atoms with Crippen LogP contribution in [0.5, 0.6) is 0 Å². The molecule has 2 aliphatic rings. The van der Waals surface area contributed by atoms with E-state index in [2.05, 4.69) is 51.3 Å². The van der Waals surface area contributed by atoms with Crippen molar-refractivity contribution in [3.8, 4) is 11.3 Å². The second-order valence-electron chi connectivity index (χ2n) is 13.3. The number of rotatable bonds is 7. The van der Waals surface area contributed by atoms with Crippen LogP contribution >= 0.6 is 11.6 Å². The molecule has 1 amide bonds. The van der Waals surface area contributed by atoms with Crippen LogP contribution in [-0.2, 0) is 19.6 Å². The zero-order chi connectivity index (χ0) is 32.3. The molecule has 2 aromatic carbocycles. The molecule has 0 aliphatic heterocycles. The molecule has 0 atom stereocenters. The Morgan fingerprint density at radius 1 is 1.07 bits per heavy atom. The van der Waals surface area contributed by atoms with Crippen LogP contribution in [0.15, 0.2) is 66.6 Å². The topological polar surface area (TPSA) is 85.0 Å². The molecular formula is C38H40ClN5O2. The van der Waals surface area contributed by atoms with Gasteiger partial charge in [0.1, 0.15) is 16.7 Å². The molecule has 0 saturated heterocycles. The van der Waals surface area contributed by atoms with Crippen molar-refractivity contribution in [2.45, 2.75) is 70.3 Å². The van der Waals surface area contributed by atoms with Crippen LogP contribution in [0.2, 0.25) is 5.15 Å². The first-order chi connectivity index (χ1) is 22.1. The zero-order valence-electron chi connectivity index (χ0n) is 27.0. The minimum absolute atomic E-state index is 0.0542. The number of allylic oxidation sites excluding steroid dienone is 1. The maximum absolute atomic E-state index is 14.0. The van der Waals surface area contributed by atoms with Gasteiger partial charge in [-0.15, -0.1) is 0 Å². The van der Waals surface area contributed by atoms with E-state index in [1.165, 1.54) is 36.6 Å². The molecule has 236 valence electrons. The fourth-order valence-electron chi connectivity index (χ4n) is 7.55. The van der Waals surface area contributed by atoms with E-state index in [-0.39, 0.29) is 11.7 Å². The van der Waals surface area contributed by atoms with Crippen LogP contribution in [0.1, 0.15) is 90.7 Å². The zero-order valence-corrected chi connectivity index (χ0v) is 27.7. The summed E-state index contributed by atoms with van der Waals surface area (Å²) >= 11 is 6.31. The van der Waals surface area contributed by atoms with Gasteiger partial charge in [-0.2, -0.15) is 0 Å². The van der Waals surface area contributed by atoms with E-state index in [0.717, 1.165) is 64.0 Å². The molecule has 0 radical (unpaired) electrons. The number of pyridine rings is 1. The second kappa shape index (κ2) is 11.5. The average molecular weight is 634 g/mol. The third kappa shape index (κ3) is 5.01. The second-order valence-corrected chi connectivity index (χ2v) is 13.6. The van der Waals surface area contributed by atoms with Crippen molar-refractivity contribution in [2.24, 2.45) is 14.1 Å². The van der Waals surface area contributed by atoms with Gasteiger partial charge in [-0.25, -0.2) is 9.97 Å². The number of aliphatic hydroxyl groups is 1. The van der Waals surface area contributed by atoms with Gasteiger partial charge in [0.15, 0.2) is 0 Å². The molecule has 2 N–H and O–H groups in total. The molecule has 2 fully saturated rings. The molecule has 3 aromatic heterocycles. The number of hydrogen-bond donors (Lipinski definition) is 2. The lowest BCUT2D eigenvalue weighted by Gasteiger charge is -2.41. The molecule has 3 heterocycles. The number of carbonyl (C=O) groups excluding carboxylic acids is 1. The lowest BCUT2D eigenvalue weighted by atomic mass is 9.75. The number of imidazole rings is 1. The first-order valence-electron chi connectivity index (χ1n) is 16.2. The third-order valence-corrected chi connectivity index (χ3v) is 10.7. The fourth-order valence-corrected chi connectivity index (χ4v) is 7.66. The number of aliphatic hydroxyl groups excluding tert-OH is 1. The number of nitrogens with one attached hydrogen (secondary N) is 1. The number of halogens is 1. The van der Waals surface area contributed by atoms with Gasteiger partial charge in [0.25, 0.3) is 5.91 Å². The van der Waals surface area contributed by atoms with E-state index in [4.69, 9.17) is 16.6 Å². The summed E-state index contributed by atoms with van der Waals surface area (Å²) in [6, 6.07) is 14.3. The van der Waals surface area contributed by atoms with Gasteiger partial charge < -0.3 is 19.6 Å². The number of fused-ring (bicyclic) bond motifs is 2. The molecule has 0 unspecified atom stereocenters. The van der Waals surface area contributed by atoms with Crippen LogP contribution < -0.4 is 5.32 Å². The monoisotopic (exact) mass is 633 g/mol. The number of carbonyl (C=O) groups is 1. The van der Waals surface area contributed by atoms with E-state index >= 15 is 0 Å². The lowest BCUT2D eigenvalue weighted by Crippen LogP contribution is -2.52. The minimum Gasteiger partial charge on any atom is -0.508 e. The Morgan fingerprint density at radius 3 is 2.50 bits per heavy atom. The lowest BCUT2D eigenvalue weighted by molar-refractivity contribution is 0.0805. The highest BCUT2D eigenvalue weighted by molar-refractivity contribution is 6.30. The maximum atomic E-state index is 14.0. The summed E-state index contributed by atoms with van der Waals surface area (Å²) in [5.74, 6) is 1.30. The molecule has 0 spiro atoms. The van der Waals surface area contributed by atoms with Gasteiger partial charge in [-0.1, -0.05) is 43.2 Å². The van der Waals surface area contributed by atoms with Gasteiger partial charge in [0.2, 0.25) is 0 Å². The SMILES string of the molecule is C=C(O)/C(C)=C/c1ccc2nc(C3(NC(=O)c4ccc5c(C6CCCC6)c(-c6cnc(Cl)c(C)c6)n(C)c5c4)CCC3)n(C)c2c1. The van der Waals surface area contributed by atoms with E-state index in [1.54, 1.807) is 0 Å². The van der Waals surface area contributed by atoms with Crippen LogP contribution in [0.3, 0.4) is 0 Å². The van der Waals surface area contributed by atoms with E-state index in [9.17, 15) is 9.90 Å². The number of benzene rings is 2. The molecule has 8 heteroatoms. The van der Waals surface area contributed by atoms with E-state index < -0.39 is 5.54 Å². The van der Waals surface area contributed by atoms with Gasteiger partial charge in [0.05, 0.1) is 22.3 Å². The van der Waals surface area contributed by atoms with Crippen LogP contribution in [0.4, 0.5) is 0 Å². The molecule has 7 nitrogen and oxygen atoms in total. The molecule has 2 aliphatic carbocycles. The summed E-state index contributed by atoms with van der Waals surface area (Å²) in [6.45, 7) is 7.45. The summed E-state index contributed by atoms with van der Waals surface area (Å²) < 4.78 is 4.33. The summed E-state index contributed by atoms with van der Waals surface area (Å²) in [7, 11) is 4.10. The highest BCUT2D eigenvalue weighted by Crippen LogP contribution is 2.45. The Labute approximate surface area is 274 Å². The molecule has 5 aromatic rings. The van der Waals surface area contributed by atoms with Crippen molar-refractivity contribution in [1.82, 2.24) is 24.4 Å². The maximum Gasteiger partial charge on any atom is 0.252 e. The molecule has 46 heavy (non-hydrogen) atoms. The highest BCUT2D eigenvalue weighted by Gasteiger charge is 2.44. The summed E-state index contributed by atoms with van der Waals surface area (Å²) in [4.78, 5) is 23.5. The fraction of sp³-hybridized carbons (Fsp3) is 0.342. The first kappa shape index (κ1) is 30.3. The number of aryl methyl sites for hydroxylation is 3. The Kier molecular flexibility index (Phi) is 7.55. The Bertz CT molecular complexity index is 2070. The molecule has 0 bridgehead atoms. The standard InChI is InChI=1S/C38H40ClN5O2/c1-22(24(3)45)17-25-11-14-30-32(19-25)44(5)37(41-30)38(15-8-16-38)42-36(46)27-12-13-29-31(20-27)43(4)34(33(29)26-9-6-7-10-26)28-18-23(2)35(39)40-21-28/h11-14,17-21,26,45H,3,6-10,15-16H2,1-2,4-5H3,(H,42,46)/b22-17+. The number of hydrogen-bond acceptors (Lipinski definition) is 4. The Hall–Kier alpha value is -4.36. The van der Waals surface area contributed by atoms with Crippen LogP contribution in [0.25, 0.3) is 39.3 Å². The Morgan fingerprint density at radius 2 is 1.83 bits per heavy atom. The predicted molar refractivity (Wildman–Crippen MR) is 186 cm³/mol. The van der Waals surface area contributed by atoms with Gasteiger partial charge in [-0.05, 0) is 111 Å².